The summed E-state index contributed by atoms with van der Waals surface area (Å²) in [6.07, 6.45) is 0.930. The number of aryl methyl sites for hydroxylation is 1. The molecule has 118 valence electrons. The van der Waals surface area contributed by atoms with Crippen molar-refractivity contribution in [3.8, 4) is 0 Å². The number of benzene rings is 1. The second-order valence-electron chi connectivity index (χ2n) is 5.06. The number of halogens is 1. The fourth-order valence-electron chi connectivity index (χ4n) is 2.15. The molecule has 0 radical (unpaired) electrons. The number of thiazole rings is 1. The first-order valence-electron chi connectivity index (χ1n) is 7.15. The van der Waals surface area contributed by atoms with E-state index in [9.17, 15) is 0 Å². The van der Waals surface area contributed by atoms with E-state index in [4.69, 9.17) is 11.6 Å². The summed E-state index contributed by atoms with van der Waals surface area (Å²) in [4.78, 5) is 10.9. The zero-order chi connectivity index (χ0) is 15.9. The van der Waals surface area contributed by atoms with E-state index < -0.39 is 0 Å². The lowest BCUT2D eigenvalue weighted by atomic mass is 10.1. The van der Waals surface area contributed by atoms with Crippen molar-refractivity contribution < 1.29 is 0 Å². The van der Waals surface area contributed by atoms with Gasteiger partial charge in [-0.2, -0.15) is 0 Å². The van der Waals surface area contributed by atoms with Crippen LogP contribution in [0.15, 0.2) is 34.6 Å². The number of aromatic nitrogens is 1. The van der Waals surface area contributed by atoms with E-state index in [2.05, 4.69) is 37.7 Å². The maximum Gasteiger partial charge on any atom is 0.193 e. The summed E-state index contributed by atoms with van der Waals surface area (Å²) < 4.78 is 0. The van der Waals surface area contributed by atoms with Crippen molar-refractivity contribution in [3.05, 3.63) is 50.9 Å². The van der Waals surface area contributed by atoms with Gasteiger partial charge in [0.1, 0.15) is 0 Å². The van der Waals surface area contributed by atoms with Crippen LogP contribution in [-0.4, -0.2) is 36.5 Å². The Bertz CT molecular complexity index is 621. The molecule has 22 heavy (non-hydrogen) atoms. The van der Waals surface area contributed by atoms with Crippen LogP contribution >= 0.6 is 22.9 Å². The summed E-state index contributed by atoms with van der Waals surface area (Å²) in [7, 11) is 3.82. The van der Waals surface area contributed by atoms with Crippen LogP contribution in [0.2, 0.25) is 5.02 Å². The highest BCUT2D eigenvalue weighted by Crippen LogP contribution is 2.11. The van der Waals surface area contributed by atoms with Gasteiger partial charge in [-0.3, -0.25) is 4.99 Å². The quantitative estimate of drug-likeness (QED) is 0.672. The number of guanidine groups is 1. The van der Waals surface area contributed by atoms with Gasteiger partial charge in [0, 0.05) is 31.0 Å². The Hall–Kier alpha value is -1.59. The molecule has 0 saturated carbocycles. The average molecular weight is 337 g/mol. The SMILES string of the molecule is CN=C(NCCc1ccc(Cl)cc1)N(C)Cc1csc(C)n1. The Morgan fingerprint density at radius 3 is 2.68 bits per heavy atom. The van der Waals surface area contributed by atoms with E-state index in [1.807, 2.05) is 26.1 Å². The molecule has 1 N–H and O–H groups in total. The van der Waals surface area contributed by atoms with Crippen LogP contribution in [-0.2, 0) is 13.0 Å². The predicted octanol–water partition coefficient (Wildman–Crippen LogP) is 3.35. The van der Waals surface area contributed by atoms with Gasteiger partial charge in [-0.1, -0.05) is 23.7 Å². The topological polar surface area (TPSA) is 40.5 Å². The fourth-order valence-corrected chi connectivity index (χ4v) is 2.88. The first-order valence-corrected chi connectivity index (χ1v) is 8.41. The third-order valence-corrected chi connectivity index (χ3v) is 4.32. The van der Waals surface area contributed by atoms with Gasteiger partial charge < -0.3 is 10.2 Å². The lowest BCUT2D eigenvalue weighted by Crippen LogP contribution is -2.39. The van der Waals surface area contributed by atoms with Crippen molar-refractivity contribution in [2.24, 2.45) is 4.99 Å². The highest BCUT2D eigenvalue weighted by Gasteiger charge is 2.08. The molecular formula is C16H21ClN4S. The van der Waals surface area contributed by atoms with Crippen molar-refractivity contribution in [2.45, 2.75) is 19.9 Å². The number of hydrogen-bond donors (Lipinski definition) is 1. The van der Waals surface area contributed by atoms with Crippen molar-refractivity contribution >= 4 is 28.9 Å². The maximum absolute atomic E-state index is 5.89. The molecule has 0 spiro atoms. The molecule has 0 amide bonds. The lowest BCUT2D eigenvalue weighted by Gasteiger charge is -2.21. The summed E-state index contributed by atoms with van der Waals surface area (Å²) in [5, 5.41) is 7.33. The van der Waals surface area contributed by atoms with Crippen molar-refractivity contribution in [1.82, 2.24) is 15.2 Å². The first kappa shape index (κ1) is 16.8. The van der Waals surface area contributed by atoms with Crippen LogP contribution in [0.3, 0.4) is 0 Å². The Balaban J connectivity index is 1.82. The monoisotopic (exact) mass is 336 g/mol. The second kappa shape index (κ2) is 8.15. The van der Waals surface area contributed by atoms with Gasteiger partial charge in [0.25, 0.3) is 0 Å². The molecule has 0 aliphatic rings. The van der Waals surface area contributed by atoms with E-state index in [-0.39, 0.29) is 0 Å². The summed E-state index contributed by atoms with van der Waals surface area (Å²) in [5.74, 6) is 0.875. The van der Waals surface area contributed by atoms with E-state index in [1.165, 1.54) is 5.56 Å². The molecule has 1 heterocycles. The van der Waals surface area contributed by atoms with E-state index in [0.29, 0.717) is 0 Å². The normalized spacial score (nSPS) is 11.5. The number of hydrogen-bond acceptors (Lipinski definition) is 3. The molecule has 2 rings (SSSR count). The summed E-state index contributed by atoms with van der Waals surface area (Å²) >= 11 is 7.57. The molecule has 0 aliphatic carbocycles. The van der Waals surface area contributed by atoms with Crippen LogP contribution < -0.4 is 5.32 Å². The molecular weight excluding hydrogens is 316 g/mol. The van der Waals surface area contributed by atoms with Gasteiger partial charge in [-0.25, -0.2) is 4.98 Å². The largest absolute Gasteiger partial charge is 0.356 e. The van der Waals surface area contributed by atoms with E-state index >= 15 is 0 Å². The highest BCUT2D eigenvalue weighted by molar-refractivity contribution is 7.09. The third-order valence-electron chi connectivity index (χ3n) is 3.25. The van der Waals surface area contributed by atoms with Gasteiger partial charge in [0.15, 0.2) is 5.96 Å². The van der Waals surface area contributed by atoms with Gasteiger partial charge in [-0.05, 0) is 31.0 Å². The van der Waals surface area contributed by atoms with Crippen molar-refractivity contribution in [3.63, 3.8) is 0 Å². The molecule has 0 bridgehead atoms. The Kier molecular flexibility index (Phi) is 6.21. The molecule has 4 nitrogen and oxygen atoms in total. The van der Waals surface area contributed by atoms with Crippen molar-refractivity contribution in [1.29, 1.82) is 0 Å². The van der Waals surface area contributed by atoms with Gasteiger partial charge in [0.2, 0.25) is 0 Å². The Morgan fingerprint density at radius 2 is 2.09 bits per heavy atom. The lowest BCUT2D eigenvalue weighted by molar-refractivity contribution is 0.471. The number of nitrogens with zero attached hydrogens (tertiary/aromatic N) is 3. The summed E-state index contributed by atoms with van der Waals surface area (Å²) in [6.45, 7) is 3.60. The van der Waals surface area contributed by atoms with E-state index in [0.717, 1.165) is 41.2 Å². The molecule has 1 aromatic heterocycles. The third kappa shape index (κ3) is 5.00. The number of rotatable bonds is 5. The number of nitrogens with one attached hydrogen (secondary N) is 1. The maximum atomic E-state index is 5.89. The minimum atomic E-state index is 0.755. The zero-order valence-corrected chi connectivity index (χ0v) is 14.7. The van der Waals surface area contributed by atoms with Crippen LogP contribution in [0.4, 0.5) is 0 Å². The van der Waals surface area contributed by atoms with Crippen molar-refractivity contribution in [2.75, 3.05) is 20.6 Å². The predicted molar refractivity (Wildman–Crippen MR) is 94.8 cm³/mol. The number of aliphatic imine (C=N–C) groups is 1. The standard InChI is InChI=1S/C16H21ClN4S/c1-12-20-15(11-22-12)10-21(3)16(18-2)19-9-8-13-4-6-14(17)7-5-13/h4-7,11H,8-10H2,1-3H3,(H,18,19). The van der Waals surface area contributed by atoms with Crippen LogP contribution in [0.1, 0.15) is 16.3 Å². The zero-order valence-electron chi connectivity index (χ0n) is 13.1. The molecule has 1 aromatic carbocycles. The molecule has 0 saturated heterocycles. The molecule has 0 atom stereocenters. The molecule has 6 heteroatoms. The van der Waals surface area contributed by atoms with Crippen LogP contribution in [0, 0.1) is 6.92 Å². The smallest absolute Gasteiger partial charge is 0.193 e. The van der Waals surface area contributed by atoms with E-state index in [1.54, 1.807) is 18.4 Å². The first-order chi connectivity index (χ1) is 10.6. The fraction of sp³-hybridized carbons (Fsp3) is 0.375. The van der Waals surface area contributed by atoms with Crippen LogP contribution in [0.25, 0.3) is 0 Å². The van der Waals surface area contributed by atoms with Crippen LogP contribution in [0.5, 0.6) is 0 Å². The van der Waals surface area contributed by atoms with Gasteiger partial charge in [-0.15, -0.1) is 11.3 Å². The molecule has 0 aliphatic heterocycles. The molecule has 0 unspecified atom stereocenters. The summed E-state index contributed by atoms with van der Waals surface area (Å²) in [5.41, 5.74) is 2.33. The van der Waals surface area contributed by atoms with Gasteiger partial charge in [0.05, 0.1) is 17.2 Å². The second-order valence-corrected chi connectivity index (χ2v) is 6.56. The molecule has 2 aromatic rings. The minimum Gasteiger partial charge on any atom is -0.356 e. The minimum absolute atomic E-state index is 0.755. The summed E-state index contributed by atoms with van der Waals surface area (Å²) in [6, 6.07) is 7.94. The molecule has 0 fully saturated rings. The van der Waals surface area contributed by atoms with Gasteiger partial charge >= 0.3 is 0 Å². The highest BCUT2D eigenvalue weighted by atomic mass is 35.5. The Labute approximate surface area is 140 Å². The average Bonchev–Trinajstić information content (AvgIpc) is 2.90. The Morgan fingerprint density at radius 1 is 1.36 bits per heavy atom.